The van der Waals surface area contributed by atoms with E-state index in [1.54, 1.807) is 0 Å². The molecule has 0 aromatic rings. The Morgan fingerprint density at radius 3 is 2.07 bits per heavy atom. The molecule has 1 heterocycles. The molecule has 84 valence electrons. The summed E-state index contributed by atoms with van der Waals surface area (Å²) in [5.74, 6) is 0. The van der Waals surface area contributed by atoms with Gasteiger partial charge in [-0.3, -0.25) is 0 Å². The summed E-state index contributed by atoms with van der Waals surface area (Å²) in [5, 5.41) is 54.3. The lowest BCUT2D eigenvalue weighted by atomic mass is 9.96. The van der Waals surface area contributed by atoms with E-state index in [4.69, 9.17) is 20.4 Å². The van der Waals surface area contributed by atoms with Gasteiger partial charge in [0, 0.05) is 0 Å². The number of hydrogen-bond acceptors (Lipinski definition) is 7. The smallest absolute Gasteiger partial charge is 0.184 e. The van der Waals surface area contributed by atoms with Crippen LogP contribution >= 0.6 is 0 Å². The third kappa shape index (κ3) is 2.04. The average Bonchev–Trinajstić information content (AvgIpc) is 2.19. The van der Waals surface area contributed by atoms with E-state index in [9.17, 15) is 10.2 Å². The van der Waals surface area contributed by atoms with Crippen LogP contribution < -0.4 is 0 Å². The molecule has 0 spiro atoms. The van der Waals surface area contributed by atoms with Crippen molar-refractivity contribution in [3.63, 3.8) is 0 Å². The van der Waals surface area contributed by atoms with Gasteiger partial charge in [0.15, 0.2) is 6.29 Å². The zero-order chi connectivity index (χ0) is 10.9. The van der Waals surface area contributed by atoms with E-state index in [-0.39, 0.29) is 0 Å². The quantitative estimate of drug-likeness (QED) is 0.275. The van der Waals surface area contributed by atoms with Crippen LogP contribution in [0.2, 0.25) is 0 Å². The highest BCUT2D eigenvalue weighted by Crippen LogP contribution is 2.21. The van der Waals surface area contributed by atoms with Gasteiger partial charge in [0.25, 0.3) is 0 Å². The Morgan fingerprint density at radius 2 is 1.57 bits per heavy atom. The van der Waals surface area contributed by atoms with Crippen molar-refractivity contribution in [1.82, 2.24) is 0 Å². The van der Waals surface area contributed by atoms with Crippen molar-refractivity contribution in [2.24, 2.45) is 0 Å². The monoisotopic (exact) mass is 210 g/mol. The van der Waals surface area contributed by atoms with Gasteiger partial charge in [0.2, 0.25) is 0 Å². The molecule has 7 nitrogen and oxygen atoms in total. The van der Waals surface area contributed by atoms with Crippen LogP contribution in [0.25, 0.3) is 0 Å². The molecular weight excluding hydrogens is 196 g/mol. The minimum absolute atomic E-state index is 0.683. The predicted octanol–water partition coefficient (Wildman–Crippen LogP) is -3.86. The lowest BCUT2D eigenvalue weighted by Gasteiger charge is -2.39. The topological polar surface area (TPSA) is 131 Å². The van der Waals surface area contributed by atoms with E-state index < -0.39 is 43.4 Å². The summed E-state index contributed by atoms with van der Waals surface area (Å²) < 4.78 is 4.62. The molecule has 0 aliphatic carbocycles. The molecule has 1 aliphatic rings. The summed E-state index contributed by atoms with van der Waals surface area (Å²) in [6.45, 7) is -0.683. The van der Waals surface area contributed by atoms with Crippen LogP contribution in [0, 0.1) is 0 Å². The average molecular weight is 210 g/mol. The highest BCUT2D eigenvalue weighted by atomic mass is 16.6. The van der Waals surface area contributed by atoms with Crippen molar-refractivity contribution in [2.75, 3.05) is 6.61 Å². The van der Waals surface area contributed by atoms with Crippen molar-refractivity contribution < 1.29 is 35.4 Å². The van der Waals surface area contributed by atoms with E-state index in [1.807, 2.05) is 0 Å². The molecule has 14 heavy (non-hydrogen) atoms. The Kier molecular flexibility index (Phi) is 3.78. The first kappa shape index (κ1) is 11.8. The second-order valence-corrected chi connectivity index (χ2v) is 3.21. The maximum absolute atomic E-state index is 9.31. The van der Waals surface area contributed by atoms with Gasteiger partial charge < -0.3 is 35.4 Å². The fourth-order valence-corrected chi connectivity index (χ4v) is 1.31. The number of aliphatic hydroxyl groups excluding tert-OH is 6. The SMILES string of the molecule is OC[C@H](O)C1O[C@H](O)C(O)C(O)[C@@H]1O. The van der Waals surface area contributed by atoms with Crippen LogP contribution in [0.3, 0.4) is 0 Å². The Morgan fingerprint density at radius 1 is 1.00 bits per heavy atom. The summed E-state index contributed by atoms with van der Waals surface area (Å²) in [6, 6.07) is 0. The zero-order valence-corrected chi connectivity index (χ0v) is 7.26. The Labute approximate surface area is 79.8 Å². The van der Waals surface area contributed by atoms with E-state index in [0.717, 1.165) is 0 Å². The number of aliphatic hydroxyl groups is 6. The lowest BCUT2D eigenvalue weighted by molar-refractivity contribution is -0.298. The summed E-state index contributed by atoms with van der Waals surface area (Å²) in [5.41, 5.74) is 0. The van der Waals surface area contributed by atoms with E-state index >= 15 is 0 Å². The minimum Gasteiger partial charge on any atom is -0.394 e. The van der Waals surface area contributed by atoms with Gasteiger partial charge in [-0.15, -0.1) is 0 Å². The molecular formula is C7H14O7. The molecule has 0 aromatic carbocycles. The summed E-state index contributed by atoms with van der Waals surface area (Å²) in [6.07, 6.45) is -9.26. The Hall–Kier alpha value is -0.280. The Balaban J connectivity index is 2.70. The Bertz CT molecular complexity index is 187. The molecule has 1 aliphatic heterocycles. The van der Waals surface area contributed by atoms with E-state index in [2.05, 4.69) is 4.74 Å². The van der Waals surface area contributed by atoms with Gasteiger partial charge in [-0.25, -0.2) is 0 Å². The molecule has 1 rings (SSSR count). The fourth-order valence-electron chi connectivity index (χ4n) is 1.31. The van der Waals surface area contributed by atoms with Crippen molar-refractivity contribution in [2.45, 2.75) is 36.8 Å². The second kappa shape index (κ2) is 4.49. The fraction of sp³-hybridized carbons (Fsp3) is 1.00. The molecule has 0 saturated carbocycles. The molecule has 6 atom stereocenters. The number of ether oxygens (including phenoxy) is 1. The van der Waals surface area contributed by atoms with Gasteiger partial charge in [-0.1, -0.05) is 0 Å². The van der Waals surface area contributed by atoms with Crippen molar-refractivity contribution in [3.05, 3.63) is 0 Å². The normalized spacial score (nSPS) is 46.3. The predicted molar refractivity (Wildman–Crippen MR) is 42.0 cm³/mol. The molecule has 7 heteroatoms. The molecule has 0 aromatic heterocycles. The van der Waals surface area contributed by atoms with Gasteiger partial charge in [-0.2, -0.15) is 0 Å². The first-order valence-corrected chi connectivity index (χ1v) is 4.15. The highest BCUT2D eigenvalue weighted by Gasteiger charge is 2.45. The van der Waals surface area contributed by atoms with Crippen LogP contribution in [-0.2, 0) is 4.74 Å². The zero-order valence-electron chi connectivity index (χ0n) is 7.26. The molecule has 0 bridgehead atoms. The van der Waals surface area contributed by atoms with Crippen molar-refractivity contribution in [1.29, 1.82) is 0 Å². The molecule has 6 N–H and O–H groups in total. The van der Waals surface area contributed by atoms with Crippen LogP contribution in [0.5, 0.6) is 0 Å². The van der Waals surface area contributed by atoms with E-state index in [1.165, 1.54) is 0 Å². The minimum atomic E-state index is -1.69. The lowest BCUT2D eigenvalue weighted by Crippen LogP contribution is -2.61. The highest BCUT2D eigenvalue weighted by molar-refractivity contribution is 4.91. The van der Waals surface area contributed by atoms with Crippen LogP contribution in [-0.4, -0.2) is 74.1 Å². The number of hydrogen-bond donors (Lipinski definition) is 6. The summed E-state index contributed by atoms with van der Waals surface area (Å²) in [4.78, 5) is 0. The molecule has 1 fully saturated rings. The van der Waals surface area contributed by atoms with Crippen LogP contribution in [0.15, 0.2) is 0 Å². The van der Waals surface area contributed by atoms with Crippen molar-refractivity contribution in [3.8, 4) is 0 Å². The van der Waals surface area contributed by atoms with Crippen LogP contribution in [0.4, 0.5) is 0 Å². The largest absolute Gasteiger partial charge is 0.394 e. The van der Waals surface area contributed by atoms with Gasteiger partial charge in [-0.05, 0) is 0 Å². The third-order valence-electron chi connectivity index (χ3n) is 2.19. The first-order valence-electron chi connectivity index (χ1n) is 4.15. The first-order chi connectivity index (χ1) is 6.49. The van der Waals surface area contributed by atoms with Gasteiger partial charge in [0.05, 0.1) is 6.61 Å². The second-order valence-electron chi connectivity index (χ2n) is 3.21. The maximum Gasteiger partial charge on any atom is 0.184 e. The molecule has 3 unspecified atom stereocenters. The molecule has 0 radical (unpaired) electrons. The van der Waals surface area contributed by atoms with Gasteiger partial charge >= 0.3 is 0 Å². The standard InChI is InChI=1S/C7H14O7/c8-1-2(9)6-4(11)3(10)5(12)7(13)14-6/h2-13H,1H2/t2-,3?,4-,5?,6?,7-/m0/s1. The molecule has 1 saturated heterocycles. The number of rotatable bonds is 2. The van der Waals surface area contributed by atoms with Crippen molar-refractivity contribution >= 4 is 0 Å². The van der Waals surface area contributed by atoms with Gasteiger partial charge in [0.1, 0.15) is 30.5 Å². The summed E-state index contributed by atoms with van der Waals surface area (Å²) >= 11 is 0. The third-order valence-corrected chi connectivity index (χ3v) is 2.19. The van der Waals surface area contributed by atoms with E-state index in [0.29, 0.717) is 0 Å². The maximum atomic E-state index is 9.31. The summed E-state index contributed by atoms with van der Waals surface area (Å²) in [7, 11) is 0. The molecule has 0 amide bonds. The van der Waals surface area contributed by atoms with Crippen LogP contribution in [0.1, 0.15) is 0 Å².